The van der Waals surface area contributed by atoms with Crippen LogP contribution in [-0.4, -0.2) is 36.6 Å². The molecule has 27 heavy (non-hydrogen) atoms. The van der Waals surface area contributed by atoms with E-state index in [1.54, 1.807) is 11.0 Å². The Balaban J connectivity index is 1.28. The van der Waals surface area contributed by atoms with Crippen molar-refractivity contribution >= 4 is 23.3 Å². The first kappa shape index (κ1) is 18.3. The molecule has 0 saturated carbocycles. The number of hydrogen-bond donors (Lipinski definition) is 1. The summed E-state index contributed by atoms with van der Waals surface area (Å²) in [6.07, 6.45) is 2.58. The van der Waals surface area contributed by atoms with Crippen LogP contribution >= 0.6 is 11.6 Å². The van der Waals surface area contributed by atoms with Gasteiger partial charge in [0.15, 0.2) is 0 Å². The second-order valence-electron chi connectivity index (χ2n) is 7.30. The highest BCUT2D eigenvalue weighted by Gasteiger charge is 2.28. The number of carbonyl (C=O) groups excluding carboxylic acids is 1. The van der Waals surface area contributed by atoms with Gasteiger partial charge in [0, 0.05) is 42.9 Å². The fourth-order valence-corrected chi connectivity index (χ4v) is 4.04. The number of hydrogen-bond acceptors (Lipinski definition) is 2. The summed E-state index contributed by atoms with van der Waals surface area (Å²) in [6, 6.07) is 12.7. The van der Waals surface area contributed by atoms with Crippen molar-refractivity contribution in [3.05, 3.63) is 64.4 Å². The minimum Gasteiger partial charge on any atom is -0.335 e. The molecule has 0 spiro atoms. The molecule has 1 saturated heterocycles. The standard InChI is InChI=1S/C21H23ClFN3O/c22-17-3-1-15(2-4-17)14-25-10-8-19(9-11-25)24-21(27)26-12-7-16-13-18(23)5-6-20(16)26/h1-6,13,19H,7-12,14H2,(H,24,27). The van der Waals surface area contributed by atoms with Gasteiger partial charge in [0.1, 0.15) is 5.82 Å². The van der Waals surface area contributed by atoms with Crippen molar-refractivity contribution < 1.29 is 9.18 Å². The van der Waals surface area contributed by atoms with Gasteiger partial charge in [0.25, 0.3) is 0 Å². The summed E-state index contributed by atoms with van der Waals surface area (Å²) >= 11 is 5.94. The lowest BCUT2D eigenvalue weighted by molar-refractivity contribution is 0.188. The van der Waals surface area contributed by atoms with Gasteiger partial charge in [-0.2, -0.15) is 0 Å². The fourth-order valence-electron chi connectivity index (χ4n) is 3.92. The number of fused-ring (bicyclic) bond motifs is 1. The lowest BCUT2D eigenvalue weighted by atomic mass is 10.0. The van der Waals surface area contributed by atoms with E-state index < -0.39 is 0 Å². The number of piperidine rings is 1. The van der Waals surface area contributed by atoms with E-state index in [-0.39, 0.29) is 17.9 Å². The smallest absolute Gasteiger partial charge is 0.322 e. The number of nitrogens with zero attached hydrogens (tertiary/aromatic N) is 2. The molecular formula is C21H23ClFN3O. The average molecular weight is 388 g/mol. The molecule has 6 heteroatoms. The van der Waals surface area contributed by atoms with E-state index in [9.17, 15) is 9.18 Å². The van der Waals surface area contributed by atoms with Crippen LogP contribution in [0.25, 0.3) is 0 Å². The van der Waals surface area contributed by atoms with Crippen LogP contribution in [0.15, 0.2) is 42.5 Å². The monoisotopic (exact) mass is 387 g/mol. The Hall–Kier alpha value is -2.11. The lowest BCUT2D eigenvalue weighted by Gasteiger charge is -2.33. The van der Waals surface area contributed by atoms with Crippen LogP contribution in [0, 0.1) is 5.82 Å². The summed E-state index contributed by atoms with van der Waals surface area (Å²) in [4.78, 5) is 16.8. The summed E-state index contributed by atoms with van der Waals surface area (Å²) in [7, 11) is 0. The Bertz CT molecular complexity index is 819. The van der Waals surface area contributed by atoms with Gasteiger partial charge < -0.3 is 5.32 Å². The second-order valence-corrected chi connectivity index (χ2v) is 7.74. The largest absolute Gasteiger partial charge is 0.335 e. The molecule has 2 aliphatic heterocycles. The highest BCUT2D eigenvalue weighted by Crippen LogP contribution is 2.28. The minimum atomic E-state index is -0.246. The molecule has 1 fully saturated rings. The Morgan fingerprint density at radius 2 is 1.85 bits per heavy atom. The van der Waals surface area contributed by atoms with Crippen molar-refractivity contribution in [2.75, 3.05) is 24.5 Å². The van der Waals surface area contributed by atoms with E-state index in [1.165, 1.54) is 17.7 Å². The number of rotatable bonds is 3. The lowest BCUT2D eigenvalue weighted by Crippen LogP contribution is -2.48. The number of likely N-dealkylation sites (tertiary alicyclic amines) is 1. The van der Waals surface area contributed by atoms with E-state index in [1.807, 2.05) is 12.1 Å². The number of nitrogens with one attached hydrogen (secondary N) is 1. The van der Waals surface area contributed by atoms with Gasteiger partial charge in [-0.1, -0.05) is 23.7 Å². The Labute approximate surface area is 163 Å². The first-order chi connectivity index (χ1) is 13.1. The Morgan fingerprint density at radius 1 is 1.11 bits per heavy atom. The van der Waals surface area contributed by atoms with Crippen molar-refractivity contribution in [1.29, 1.82) is 0 Å². The second kappa shape index (κ2) is 7.87. The van der Waals surface area contributed by atoms with Crippen LogP contribution in [0.5, 0.6) is 0 Å². The SMILES string of the molecule is O=C(NC1CCN(Cc2ccc(Cl)cc2)CC1)N1CCc2cc(F)ccc21. The molecule has 2 amide bonds. The van der Waals surface area contributed by atoms with Gasteiger partial charge in [0.2, 0.25) is 0 Å². The summed E-state index contributed by atoms with van der Waals surface area (Å²) in [5, 5.41) is 3.91. The van der Waals surface area contributed by atoms with E-state index >= 15 is 0 Å². The van der Waals surface area contributed by atoms with Crippen LogP contribution in [0.3, 0.4) is 0 Å². The molecule has 4 nitrogen and oxygen atoms in total. The Kier molecular flexibility index (Phi) is 5.32. The third-order valence-corrected chi connectivity index (χ3v) is 5.67. The average Bonchev–Trinajstić information content (AvgIpc) is 3.08. The van der Waals surface area contributed by atoms with Crippen molar-refractivity contribution in [3.63, 3.8) is 0 Å². The van der Waals surface area contributed by atoms with E-state index in [0.717, 1.165) is 48.7 Å². The zero-order chi connectivity index (χ0) is 18.8. The molecule has 142 valence electrons. The maximum absolute atomic E-state index is 13.3. The predicted molar refractivity (Wildman–Crippen MR) is 106 cm³/mol. The summed E-state index contributed by atoms with van der Waals surface area (Å²) in [5.41, 5.74) is 2.99. The van der Waals surface area contributed by atoms with Crippen molar-refractivity contribution in [2.24, 2.45) is 0 Å². The maximum atomic E-state index is 13.3. The maximum Gasteiger partial charge on any atom is 0.322 e. The topological polar surface area (TPSA) is 35.6 Å². The highest BCUT2D eigenvalue weighted by atomic mass is 35.5. The van der Waals surface area contributed by atoms with Gasteiger partial charge in [-0.15, -0.1) is 0 Å². The molecule has 2 heterocycles. The zero-order valence-electron chi connectivity index (χ0n) is 15.1. The molecule has 2 aromatic carbocycles. The molecule has 0 atom stereocenters. The summed E-state index contributed by atoms with van der Waals surface area (Å²) in [5.74, 6) is -0.246. The zero-order valence-corrected chi connectivity index (χ0v) is 15.9. The normalized spacial score (nSPS) is 17.8. The number of urea groups is 1. The van der Waals surface area contributed by atoms with Gasteiger partial charge in [-0.3, -0.25) is 9.80 Å². The van der Waals surface area contributed by atoms with E-state index in [4.69, 9.17) is 11.6 Å². The molecule has 2 aliphatic rings. The number of amides is 2. The van der Waals surface area contributed by atoms with E-state index in [0.29, 0.717) is 13.0 Å². The molecule has 1 N–H and O–H groups in total. The minimum absolute atomic E-state index is 0.0727. The van der Waals surface area contributed by atoms with Crippen molar-refractivity contribution in [3.8, 4) is 0 Å². The summed E-state index contributed by atoms with van der Waals surface area (Å²) < 4.78 is 13.3. The van der Waals surface area contributed by atoms with Crippen LogP contribution in [0.4, 0.5) is 14.9 Å². The quantitative estimate of drug-likeness (QED) is 0.856. The molecule has 0 aromatic heterocycles. The first-order valence-corrected chi connectivity index (χ1v) is 9.79. The third kappa shape index (κ3) is 4.25. The molecular weight excluding hydrogens is 365 g/mol. The molecule has 4 rings (SSSR count). The number of carbonyl (C=O) groups is 1. The Morgan fingerprint density at radius 3 is 2.59 bits per heavy atom. The van der Waals surface area contributed by atoms with Gasteiger partial charge >= 0.3 is 6.03 Å². The number of benzene rings is 2. The molecule has 0 bridgehead atoms. The molecule has 0 radical (unpaired) electrons. The van der Waals surface area contributed by atoms with Crippen molar-refractivity contribution in [2.45, 2.75) is 31.8 Å². The van der Waals surface area contributed by atoms with Crippen LogP contribution in [0.1, 0.15) is 24.0 Å². The van der Waals surface area contributed by atoms with Crippen molar-refractivity contribution in [1.82, 2.24) is 10.2 Å². The fraction of sp³-hybridized carbons (Fsp3) is 0.381. The third-order valence-electron chi connectivity index (χ3n) is 5.42. The summed E-state index contributed by atoms with van der Waals surface area (Å²) in [6.45, 7) is 3.42. The van der Waals surface area contributed by atoms with Gasteiger partial charge in [-0.25, -0.2) is 9.18 Å². The molecule has 0 aliphatic carbocycles. The van der Waals surface area contributed by atoms with Crippen LogP contribution in [-0.2, 0) is 13.0 Å². The molecule has 0 unspecified atom stereocenters. The van der Waals surface area contributed by atoms with Crippen LogP contribution in [0.2, 0.25) is 5.02 Å². The highest BCUT2D eigenvalue weighted by molar-refractivity contribution is 6.30. The molecule has 2 aromatic rings. The van der Waals surface area contributed by atoms with Gasteiger partial charge in [-0.05, 0) is 60.7 Å². The van der Waals surface area contributed by atoms with Crippen LogP contribution < -0.4 is 10.2 Å². The van der Waals surface area contributed by atoms with Gasteiger partial charge in [0.05, 0.1) is 0 Å². The number of anilines is 1. The van der Waals surface area contributed by atoms with E-state index in [2.05, 4.69) is 22.3 Å². The number of halogens is 2. The first-order valence-electron chi connectivity index (χ1n) is 9.42. The predicted octanol–water partition coefficient (Wildman–Crippen LogP) is 4.22.